The Bertz CT molecular complexity index is 1540. The average molecular weight is 523 g/mol. The molecule has 196 valence electrons. The van der Waals surface area contributed by atoms with Gasteiger partial charge >= 0.3 is 0 Å². The minimum atomic E-state index is -0.407. The van der Waals surface area contributed by atoms with E-state index < -0.39 is 5.91 Å². The summed E-state index contributed by atoms with van der Waals surface area (Å²) in [6.07, 6.45) is 1.66. The molecule has 0 bridgehead atoms. The van der Waals surface area contributed by atoms with Crippen molar-refractivity contribution in [3.63, 3.8) is 0 Å². The number of rotatable bonds is 7. The lowest BCUT2D eigenvalue weighted by molar-refractivity contribution is 0.0913. The molecule has 0 radical (unpaired) electrons. The zero-order valence-corrected chi connectivity index (χ0v) is 21.3. The Morgan fingerprint density at radius 1 is 1.05 bits per heavy atom. The van der Waals surface area contributed by atoms with Crippen LogP contribution in [0.3, 0.4) is 0 Å². The molecule has 0 saturated carbocycles. The third-order valence-electron chi connectivity index (χ3n) is 6.35. The lowest BCUT2D eigenvalue weighted by Crippen LogP contribution is -2.36. The first-order chi connectivity index (χ1) is 19.0. The number of aryl methyl sites for hydroxylation is 1. The molecule has 5 rings (SSSR count). The van der Waals surface area contributed by atoms with Crippen LogP contribution in [-0.2, 0) is 11.3 Å². The van der Waals surface area contributed by atoms with Crippen LogP contribution in [0.2, 0.25) is 0 Å². The third kappa shape index (κ3) is 6.11. The second-order valence-corrected chi connectivity index (χ2v) is 9.04. The van der Waals surface area contributed by atoms with Crippen LogP contribution >= 0.6 is 0 Å². The Morgan fingerprint density at radius 2 is 1.90 bits per heavy atom. The zero-order valence-electron chi connectivity index (χ0n) is 21.3. The molecule has 4 aromatic rings. The van der Waals surface area contributed by atoms with Crippen molar-refractivity contribution in [3.05, 3.63) is 95.0 Å². The van der Waals surface area contributed by atoms with E-state index in [1.807, 2.05) is 25.1 Å². The molecule has 2 N–H and O–H groups in total. The molecule has 1 saturated heterocycles. The number of nitrogens with zero attached hydrogens (tertiary/aromatic N) is 4. The fourth-order valence-corrected chi connectivity index (χ4v) is 4.26. The molecule has 1 aliphatic rings. The molecule has 0 atom stereocenters. The van der Waals surface area contributed by atoms with Gasteiger partial charge in [-0.25, -0.2) is 0 Å². The maximum atomic E-state index is 13.2. The molecule has 3 heterocycles. The summed E-state index contributed by atoms with van der Waals surface area (Å²) < 4.78 is 10.7. The number of pyridine rings is 1. The number of anilines is 2. The van der Waals surface area contributed by atoms with E-state index in [0.29, 0.717) is 54.4 Å². The highest BCUT2D eigenvalue weighted by Gasteiger charge is 2.18. The van der Waals surface area contributed by atoms with Crippen molar-refractivity contribution < 1.29 is 18.8 Å². The predicted octanol–water partition coefficient (Wildman–Crippen LogP) is 3.94. The number of hydrogen-bond donors (Lipinski definition) is 2. The average Bonchev–Trinajstić information content (AvgIpc) is 3.48. The first-order valence-electron chi connectivity index (χ1n) is 12.5. The molecule has 10 nitrogen and oxygen atoms in total. The standard InChI is InChI=1S/C29H26N6O4/c1-19-5-6-22(33-28(36)21-12-20(17-30)13-24(14-21)35-8-10-38-11-9-35)15-25(19)26-16-27(39-34-26)29(37)32-18-23-4-2-3-7-31-23/h2-7,12-16H,8-11,18H2,1H3,(H,32,37)(H,33,36). The van der Waals surface area contributed by atoms with Crippen molar-refractivity contribution in [1.29, 1.82) is 5.26 Å². The highest BCUT2D eigenvalue weighted by Crippen LogP contribution is 2.27. The van der Waals surface area contributed by atoms with E-state index in [1.54, 1.807) is 48.7 Å². The summed E-state index contributed by atoms with van der Waals surface area (Å²) >= 11 is 0. The fraction of sp³-hybridized carbons (Fsp3) is 0.207. The summed E-state index contributed by atoms with van der Waals surface area (Å²) in [4.78, 5) is 32.0. The summed E-state index contributed by atoms with van der Waals surface area (Å²) in [6.45, 7) is 4.74. The predicted molar refractivity (Wildman–Crippen MR) is 144 cm³/mol. The van der Waals surface area contributed by atoms with Gasteiger partial charge in [-0.15, -0.1) is 0 Å². The van der Waals surface area contributed by atoms with E-state index in [2.05, 4.69) is 31.7 Å². The Hall–Kier alpha value is -5.01. The quantitative estimate of drug-likeness (QED) is 0.373. The molecule has 2 amide bonds. The largest absolute Gasteiger partial charge is 0.378 e. The normalized spacial score (nSPS) is 13.0. The van der Waals surface area contributed by atoms with Crippen LogP contribution in [0, 0.1) is 18.3 Å². The van der Waals surface area contributed by atoms with Crippen LogP contribution in [0.25, 0.3) is 11.3 Å². The van der Waals surface area contributed by atoms with Crippen LogP contribution in [0.1, 0.15) is 37.7 Å². The number of nitriles is 1. The van der Waals surface area contributed by atoms with E-state index >= 15 is 0 Å². The molecule has 39 heavy (non-hydrogen) atoms. The van der Waals surface area contributed by atoms with E-state index in [-0.39, 0.29) is 18.2 Å². The third-order valence-corrected chi connectivity index (χ3v) is 6.35. The molecular formula is C29H26N6O4. The number of benzene rings is 2. The van der Waals surface area contributed by atoms with Crippen LogP contribution < -0.4 is 15.5 Å². The number of carbonyl (C=O) groups excluding carboxylic acids is 2. The van der Waals surface area contributed by atoms with Gasteiger partial charge in [0.15, 0.2) is 0 Å². The number of hydrogen-bond acceptors (Lipinski definition) is 8. The Labute approximate surface area is 225 Å². The maximum Gasteiger partial charge on any atom is 0.290 e. The van der Waals surface area contributed by atoms with Gasteiger partial charge in [0.05, 0.1) is 37.1 Å². The highest BCUT2D eigenvalue weighted by molar-refractivity contribution is 6.05. The van der Waals surface area contributed by atoms with Gasteiger partial charge in [-0.05, 0) is 55.0 Å². The molecule has 0 aliphatic carbocycles. The summed E-state index contributed by atoms with van der Waals surface area (Å²) in [7, 11) is 0. The number of amides is 2. The van der Waals surface area contributed by atoms with Gasteiger partial charge in [0.1, 0.15) is 5.69 Å². The molecule has 0 spiro atoms. The van der Waals surface area contributed by atoms with Crippen LogP contribution in [0.4, 0.5) is 11.4 Å². The number of ether oxygens (including phenoxy) is 1. The molecule has 10 heteroatoms. The molecule has 2 aromatic carbocycles. The number of carbonyl (C=O) groups is 2. The van der Waals surface area contributed by atoms with Crippen LogP contribution in [-0.4, -0.2) is 48.3 Å². The smallest absolute Gasteiger partial charge is 0.290 e. The van der Waals surface area contributed by atoms with Crippen molar-refractivity contribution in [1.82, 2.24) is 15.5 Å². The van der Waals surface area contributed by atoms with Gasteiger partial charge in [0, 0.05) is 47.9 Å². The molecule has 2 aromatic heterocycles. The number of aromatic nitrogens is 2. The van der Waals surface area contributed by atoms with Crippen molar-refractivity contribution in [2.24, 2.45) is 0 Å². The van der Waals surface area contributed by atoms with Crippen LogP contribution in [0.15, 0.2) is 71.4 Å². The first-order valence-corrected chi connectivity index (χ1v) is 12.5. The van der Waals surface area contributed by atoms with Gasteiger partial charge in [0.2, 0.25) is 5.76 Å². The van der Waals surface area contributed by atoms with Gasteiger partial charge in [-0.3, -0.25) is 14.6 Å². The number of nitrogens with one attached hydrogen (secondary N) is 2. The SMILES string of the molecule is Cc1ccc(NC(=O)c2cc(C#N)cc(N3CCOCC3)c2)cc1-c1cc(C(=O)NCc2ccccn2)on1. The second-order valence-electron chi connectivity index (χ2n) is 9.04. The minimum absolute atomic E-state index is 0.0683. The second kappa shape index (κ2) is 11.6. The summed E-state index contributed by atoms with van der Waals surface area (Å²) in [6, 6.07) is 19.7. The minimum Gasteiger partial charge on any atom is -0.378 e. The summed E-state index contributed by atoms with van der Waals surface area (Å²) in [5.74, 6) is -0.681. The van der Waals surface area contributed by atoms with Crippen molar-refractivity contribution in [3.8, 4) is 17.3 Å². The van der Waals surface area contributed by atoms with Crippen molar-refractivity contribution in [2.75, 3.05) is 36.5 Å². The molecule has 1 aliphatic heterocycles. The monoisotopic (exact) mass is 522 g/mol. The highest BCUT2D eigenvalue weighted by atomic mass is 16.5. The molecule has 0 unspecified atom stereocenters. The van der Waals surface area contributed by atoms with Crippen molar-refractivity contribution in [2.45, 2.75) is 13.5 Å². The lowest BCUT2D eigenvalue weighted by Gasteiger charge is -2.29. The maximum absolute atomic E-state index is 13.2. The first kappa shape index (κ1) is 25.6. The summed E-state index contributed by atoms with van der Waals surface area (Å²) in [5.41, 5.74) is 4.93. The van der Waals surface area contributed by atoms with Gasteiger partial charge < -0.3 is 24.8 Å². The van der Waals surface area contributed by atoms with Gasteiger partial charge in [-0.1, -0.05) is 17.3 Å². The van der Waals surface area contributed by atoms with E-state index in [9.17, 15) is 14.9 Å². The Morgan fingerprint density at radius 3 is 2.67 bits per heavy atom. The topological polar surface area (TPSA) is 133 Å². The van der Waals surface area contributed by atoms with Gasteiger partial charge in [-0.2, -0.15) is 5.26 Å². The van der Waals surface area contributed by atoms with E-state index in [1.165, 1.54) is 0 Å². The Balaban J connectivity index is 1.31. The fourth-order valence-electron chi connectivity index (χ4n) is 4.26. The van der Waals surface area contributed by atoms with E-state index in [0.717, 1.165) is 16.9 Å². The summed E-state index contributed by atoms with van der Waals surface area (Å²) in [5, 5.41) is 19.3. The molecular weight excluding hydrogens is 496 g/mol. The van der Waals surface area contributed by atoms with Gasteiger partial charge in [0.25, 0.3) is 11.8 Å². The van der Waals surface area contributed by atoms with E-state index in [4.69, 9.17) is 9.26 Å². The molecule has 1 fully saturated rings. The Kier molecular flexibility index (Phi) is 7.61. The lowest BCUT2D eigenvalue weighted by atomic mass is 10.0. The zero-order chi connectivity index (χ0) is 27.2. The number of morpholine rings is 1. The van der Waals surface area contributed by atoms with Crippen molar-refractivity contribution >= 4 is 23.2 Å². The van der Waals surface area contributed by atoms with Crippen LogP contribution in [0.5, 0.6) is 0 Å².